The quantitative estimate of drug-likeness (QED) is 0.705. The average Bonchev–Trinajstić information content (AvgIpc) is 2.81. The Kier molecular flexibility index (Phi) is 2.86. The smallest absolute Gasteiger partial charge is 0.411 e. The Morgan fingerprint density at radius 1 is 1.05 bits per heavy atom. The largest absolute Gasteiger partial charge is 0.444 e. The summed E-state index contributed by atoms with van der Waals surface area (Å²) in [6.45, 7) is 10.2. The normalized spacial score (nSPS) is 31.4. The molecule has 1 aromatic carbocycles. The summed E-state index contributed by atoms with van der Waals surface area (Å²) in [5, 5.41) is 0. The molecule has 0 aromatic heterocycles. The number of ether oxygens (including phenoxy) is 1. The molecule has 0 spiro atoms. The van der Waals surface area contributed by atoms with Crippen LogP contribution in [0.1, 0.15) is 57.8 Å². The van der Waals surface area contributed by atoms with Crippen LogP contribution in [0.2, 0.25) is 0 Å². The van der Waals surface area contributed by atoms with Gasteiger partial charge in [-0.15, -0.1) is 0 Å². The lowest BCUT2D eigenvalue weighted by Crippen LogP contribution is -2.35. The van der Waals surface area contributed by atoms with Crippen molar-refractivity contribution in [2.75, 3.05) is 0 Å². The van der Waals surface area contributed by atoms with Crippen molar-refractivity contribution in [3.05, 3.63) is 35.4 Å². The Hall–Kier alpha value is -1.51. The van der Waals surface area contributed by atoms with Crippen LogP contribution in [-0.4, -0.2) is 16.6 Å². The fourth-order valence-electron chi connectivity index (χ4n) is 3.71. The number of nitrogens with zero attached hydrogens (tertiary/aromatic N) is 1. The Bertz CT molecular complexity index is 511. The third kappa shape index (κ3) is 1.83. The molecule has 4 atom stereocenters. The van der Waals surface area contributed by atoms with Crippen molar-refractivity contribution in [1.29, 1.82) is 0 Å². The molecule has 20 heavy (non-hydrogen) atoms. The molecule has 4 unspecified atom stereocenters. The number of benzene rings is 1. The van der Waals surface area contributed by atoms with Crippen molar-refractivity contribution in [3.8, 4) is 0 Å². The third-order valence-corrected chi connectivity index (χ3v) is 4.66. The molecule has 0 radical (unpaired) electrons. The van der Waals surface area contributed by atoms with Gasteiger partial charge in [0, 0.05) is 0 Å². The lowest BCUT2D eigenvalue weighted by Gasteiger charge is -2.28. The summed E-state index contributed by atoms with van der Waals surface area (Å²) in [6, 6.07) is 8.76. The summed E-state index contributed by atoms with van der Waals surface area (Å²) in [6.07, 6.45) is -0.181. The summed E-state index contributed by atoms with van der Waals surface area (Å²) in [5.41, 5.74) is 2.15. The second-order valence-corrected chi connectivity index (χ2v) is 7.12. The molecule has 3 heteroatoms. The van der Waals surface area contributed by atoms with Gasteiger partial charge < -0.3 is 4.74 Å². The van der Waals surface area contributed by atoms with E-state index in [0.29, 0.717) is 11.8 Å². The third-order valence-electron chi connectivity index (χ3n) is 4.66. The molecule has 108 valence electrons. The number of hydrogen-bond donors (Lipinski definition) is 0. The number of fused-ring (bicyclic) bond motifs is 5. The van der Waals surface area contributed by atoms with E-state index in [1.165, 1.54) is 11.1 Å². The van der Waals surface area contributed by atoms with E-state index in [4.69, 9.17) is 4.74 Å². The van der Waals surface area contributed by atoms with Gasteiger partial charge in [-0.1, -0.05) is 38.1 Å². The van der Waals surface area contributed by atoms with Crippen molar-refractivity contribution in [1.82, 2.24) is 4.90 Å². The molecule has 2 bridgehead atoms. The number of rotatable bonds is 0. The highest BCUT2D eigenvalue weighted by Crippen LogP contribution is 2.59. The van der Waals surface area contributed by atoms with Gasteiger partial charge in [0.05, 0.1) is 12.1 Å². The van der Waals surface area contributed by atoms with Crippen molar-refractivity contribution < 1.29 is 9.53 Å². The predicted molar refractivity (Wildman–Crippen MR) is 78.3 cm³/mol. The maximum atomic E-state index is 12.6. The van der Waals surface area contributed by atoms with E-state index in [1.54, 1.807) is 0 Å². The average molecular weight is 273 g/mol. The molecule has 1 amide bonds. The standard InChI is InChI=1S/C17H23NO2/c1-10-11(2)15-13-9-7-6-8-12(13)14(10)18(15)16(19)20-17(3,4)5/h6-11,14-15H,1-5H3. The van der Waals surface area contributed by atoms with E-state index in [2.05, 4.69) is 38.1 Å². The number of amides is 1. The molecule has 2 heterocycles. The number of carbonyl (C=O) groups is 1. The van der Waals surface area contributed by atoms with Gasteiger partial charge in [-0.2, -0.15) is 0 Å². The second-order valence-electron chi connectivity index (χ2n) is 7.12. The van der Waals surface area contributed by atoms with Crippen LogP contribution >= 0.6 is 0 Å². The van der Waals surface area contributed by atoms with Crippen LogP contribution in [0, 0.1) is 11.8 Å². The molecule has 3 nitrogen and oxygen atoms in total. The zero-order valence-electron chi connectivity index (χ0n) is 12.9. The lowest BCUT2D eigenvalue weighted by atomic mass is 9.78. The summed E-state index contributed by atoms with van der Waals surface area (Å²) in [4.78, 5) is 14.5. The lowest BCUT2D eigenvalue weighted by molar-refractivity contribution is 0.0158. The van der Waals surface area contributed by atoms with E-state index < -0.39 is 5.60 Å². The van der Waals surface area contributed by atoms with Gasteiger partial charge in [0.2, 0.25) is 0 Å². The van der Waals surface area contributed by atoms with Crippen LogP contribution in [0.3, 0.4) is 0 Å². The van der Waals surface area contributed by atoms with Gasteiger partial charge >= 0.3 is 6.09 Å². The molecular formula is C17H23NO2. The molecular weight excluding hydrogens is 250 g/mol. The molecule has 2 aliphatic rings. The Labute approximate surface area is 120 Å². The summed E-state index contributed by atoms with van der Waals surface area (Å²) in [5.74, 6) is 0.949. The van der Waals surface area contributed by atoms with Gasteiger partial charge in [0.15, 0.2) is 0 Å². The first-order chi connectivity index (χ1) is 9.31. The molecule has 2 aliphatic heterocycles. The van der Waals surface area contributed by atoms with Gasteiger partial charge in [0.25, 0.3) is 0 Å². The SMILES string of the molecule is CC1C(C)C2c3ccccc3C1N2C(=O)OC(C)(C)C. The minimum Gasteiger partial charge on any atom is -0.444 e. The van der Waals surface area contributed by atoms with Crippen molar-refractivity contribution in [3.63, 3.8) is 0 Å². The molecule has 0 N–H and O–H groups in total. The van der Waals surface area contributed by atoms with Crippen LogP contribution in [0.5, 0.6) is 0 Å². The molecule has 1 aromatic rings. The Morgan fingerprint density at radius 3 is 1.90 bits per heavy atom. The molecule has 1 saturated heterocycles. The van der Waals surface area contributed by atoms with Gasteiger partial charge in [-0.3, -0.25) is 4.90 Å². The molecule has 1 fully saturated rings. The van der Waals surface area contributed by atoms with Crippen molar-refractivity contribution in [2.24, 2.45) is 11.8 Å². The highest BCUT2D eigenvalue weighted by Gasteiger charge is 2.55. The zero-order valence-corrected chi connectivity index (χ0v) is 12.9. The minimum absolute atomic E-state index is 0.168. The van der Waals surface area contributed by atoms with Gasteiger partial charge in [0.1, 0.15) is 5.60 Å². The molecule has 3 rings (SSSR count). The fraction of sp³-hybridized carbons (Fsp3) is 0.588. The van der Waals surface area contributed by atoms with E-state index in [9.17, 15) is 4.79 Å². The first-order valence-electron chi connectivity index (χ1n) is 7.41. The van der Waals surface area contributed by atoms with Crippen LogP contribution in [0.15, 0.2) is 24.3 Å². The number of hydrogen-bond acceptors (Lipinski definition) is 2. The van der Waals surface area contributed by atoms with Gasteiger partial charge in [-0.05, 0) is 43.7 Å². The topological polar surface area (TPSA) is 29.5 Å². The fourth-order valence-corrected chi connectivity index (χ4v) is 3.71. The van der Waals surface area contributed by atoms with Crippen molar-refractivity contribution >= 4 is 6.09 Å². The van der Waals surface area contributed by atoms with Crippen LogP contribution in [0.25, 0.3) is 0 Å². The van der Waals surface area contributed by atoms with Gasteiger partial charge in [-0.25, -0.2) is 4.79 Å². The van der Waals surface area contributed by atoms with Crippen LogP contribution < -0.4 is 0 Å². The predicted octanol–water partition coefficient (Wildman–Crippen LogP) is 4.31. The van der Waals surface area contributed by atoms with Crippen LogP contribution in [-0.2, 0) is 4.74 Å². The summed E-state index contributed by atoms with van der Waals surface area (Å²) < 4.78 is 5.62. The van der Waals surface area contributed by atoms with Crippen molar-refractivity contribution in [2.45, 2.75) is 52.3 Å². The molecule has 0 saturated carbocycles. The van der Waals surface area contributed by atoms with E-state index in [1.807, 2.05) is 25.7 Å². The van der Waals surface area contributed by atoms with Crippen LogP contribution in [0.4, 0.5) is 4.79 Å². The maximum Gasteiger partial charge on any atom is 0.411 e. The highest BCUT2D eigenvalue weighted by atomic mass is 16.6. The minimum atomic E-state index is -0.447. The number of carbonyl (C=O) groups excluding carboxylic acids is 1. The highest BCUT2D eigenvalue weighted by molar-refractivity contribution is 5.72. The first kappa shape index (κ1) is 13.5. The Morgan fingerprint density at radius 2 is 1.50 bits per heavy atom. The summed E-state index contributed by atoms with van der Waals surface area (Å²) in [7, 11) is 0. The zero-order chi connectivity index (χ0) is 14.7. The first-order valence-corrected chi connectivity index (χ1v) is 7.41. The monoisotopic (exact) mass is 273 g/mol. The van der Waals surface area contributed by atoms with E-state index in [0.717, 1.165) is 0 Å². The Balaban J connectivity index is 1.98. The van der Waals surface area contributed by atoms with E-state index >= 15 is 0 Å². The second kappa shape index (κ2) is 4.24. The van der Waals surface area contributed by atoms with E-state index in [-0.39, 0.29) is 18.2 Å². The maximum absolute atomic E-state index is 12.6. The summed E-state index contributed by atoms with van der Waals surface area (Å²) >= 11 is 0. The molecule has 0 aliphatic carbocycles.